The van der Waals surface area contributed by atoms with Crippen molar-refractivity contribution in [3.63, 3.8) is 0 Å². The monoisotopic (exact) mass is 382 g/mol. The fourth-order valence-corrected chi connectivity index (χ4v) is 5.51. The average molecular weight is 383 g/mol. The van der Waals surface area contributed by atoms with E-state index in [9.17, 15) is 4.79 Å². The molecular weight excluding hydrogens is 352 g/mol. The van der Waals surface area contributed by atoms with Gasteiger partial charge in [0.2, 0.25) is 0 Å². The van der Waals surface area contributed by atoms with Gasteiger partial charge in [0.1, 0.15) is 5.75 Å². The minimum Gasteiger partial charge on any atom is -0.497 e. The first-order valence-corrected chi connectivity index (χ1v) is 9.99. The number of aromatic nitrogens is 1. The van der Waals surface area contributed by atoms with Gasteiger partial charge in [-0.1, -0.05) is 13.8 Å². The van der Waals surface area contributed by atoms with Gasteiger partial charge in [-0.2, -0.15) is 0 Å². The molecule has 5 nitrogen and oxygen atoms in total. The zero-order valence-electron chi connectivity index (χ0n) is 17.7. The molecule has 28 heavy (non-hydrogen) atoms. The number of carbonyl (C=O) groups excluding carboxylic acids is 1. The quantitative estimate of drug-likeness (QED) is 0.803. The highest BCUT2D eigenvalue weighted by Crippen LogP contribution is 2.54. The van der Waals surface area contributed by atoms with Gasteiger partial charge in [0, 0.05) is 48.1 Å². The highest BCUT2D eigenvalue weighted by molar-refractivity contribution is 5.96. The Labute approximate surface area is 167 Å². The molecule has 1 aliphatic carbocycles. The summed E-state index contributed by atoms with van der Waals surface area (Å²) in [5.74, 6) is 1.37. The predicted octanol–water partition coefficient (Wildman–Crippen LogP) is 3.99. The summed E-state index contributed by atoms with van der Waals surface area (Å²) >= 11 is 0. The van der Waals surface area contributed by atoms with E-state index in [0.29, 0.717) is 5.92 Å². The first-order valence-electron chi connectivity index (χ1n) is 9.99. The van der Waals surface area contributed by atoms with Crippen molar-refractivity contribution >= 4 is 5.91 Å². The summed E-state index contributed by atoms with van der Waals surface area (Å²) in [7, 11) is 3.61. The zero-order chi connectivity index (χ0) is 20.2. The maximum atomic E-state index is 13.4. The molecule has 2 fully saturated rings. The molecule has 2 aliphatic rings. The molecule has 3 atom stereocenters. The van der Waals surface area contributed by atoms with Gasteiger partial charge in [-0.25, -0.2) is 0 Å². The minimum atomic E-state index is -0.00687. The maximum Gasteiger partial charge on any atom is 0.255 e. The van der Waals surface area contributed by atoms with Crippen LogP contribution in [0.1, 0.15) is 42.0 Å². The summed E-state index contributed by atoms with van der Waals surface area (Å²) < 4.78 is 13.3. The second-order valence-electron chi connectivity index (χ2n) is 8.74. The third-order valence-electron chi connectivity index (χ3n) is 6.77. The van der Waals surface area contributed by atoms with Crippen LogP contribution in [0.5, 0.6) is 5.75 Å². The largest absolute Gasteiger partial charge is 0.497 e. The van der Waals surface area contributed by atoms with E-state index in [0.717, 1.165) is 41.4 Å². The van der Waals surface area contributed by atoms with Crippen LogP contribution in [0.15, 0.2) is 30.3 Å². The van der Waals surface area contributed by atoms with Crippen molar-refractivity contribution in [1.82, 2.24) is 9.47 Å². The van der Waals surface area contributed by atoms with Crippen LogP contribution in [0.3, 0.4) is 0 Å². The summed E-state index contributed by atoms with van der Waals surface area (Å²) in [5, 5.41) is 0. The summed E-state index contributed by atoms with van der Waals surface area (Å²) in [4.78, 5) is 15.4. The standard InChI is InChI=1S/C23H30N2O3/c1-14-13-19(15(2)25(14)16-7-9-17(27-6)10-8-16)22(26)24(5)20-18-11-12-28-21(18)23(20,3)4/h7-10,13,18,20-21H,11-12H2,1-6H3. The van der Waals surface area contributed by atoms with Gasteiger partial charge in [0.05, 0.1) is 18.8 Å². The predicted molar refractivity (Wildman–Crippen MR) is 109 cm³/mol. The minimum absolute atomic E-state index is 0.00687. The molecule has 3 unspecified atom stereocenters. The van der Waals surface area contributed by atoms with Crippen molar-refractivity contribution in [2.24, 2.45) is 11.3 Å². The second kappa shape index (κ2) is 6.66. The normalized spacial score (nSPS) is 25.1. The molecule has 1 aliphatic heterocycles. The molecule has 5 heteroatoms. The van der Waals surface area contributed by atoms with E-state index in [4.69, 9.17) is 9.47 Å². The first-order chi connectivity index (χ1) is 13.3. The lowest BCUT2D eigenvalue weighted by Crippen LogP contribution is -2.66. The Kier molecular flexibility index (Phi) is 4.53. The van der Waals surface area contributed by atoms with E-state index in [1.165, 1.54) is 0 Å². The molecule has 0 bridgehead atoms. The van der Waals surface area contributed by atoms with Crippen molar-refractivity contribution in [3.8, 4) is 11.4 Å². The van der Waals surface area contributed by atoms with Gasteiger partial charge in [0.15, 0.2) is 0 Å². The highest BCUT2D eigenvalue weighted by Gasteiger charge is 2.61. The van der Waals surface area contributed by atoms with E-state index in [-0.39, 0.29) is 23.5 Å². The molecule has 0 spiro atoms. The smallest absolute Gasteiger partial charge is 0.255 e. The molecule has 2 aromatic rings. The Bertz CT molecular complexity index is 897. The van der Waals surface area contributed by atoms with Crippen molar-refractivity contribution < 1.29 is 14.3 Å². The Morgan fingerprint density at radius 1 is 1.25 bits per heavy atom. The van der Waals surface area contributed by atoms with Crippen LogP contribution in [0.4, 0.5) is 0 Å². The van der Waals surface area contributed by atoms with E-state index < -0.39 is 0 Å². The van der Waals surface area contributed by atoms with Crippen LogP contribution in [-0.2, 0) is 4.74 Å². The number of amides is 1. The molecular formula is C23H30N2O3. The van der Waals surface area contributed by atoms with Gasteiger partial charge in [-0.3, -0.25) is 4.79 Å². The van der Waals surface area contributed by atoms with Crippen molar-refractivity contribution in [3.05, 3.63) is 47.3 Å². The van der Waals surface area contributed by atoms with Crippen LogP contribution in [0.2, 0.25) is 0 Å². The highest BCUT2D eigenvalue weighted by atomic mass is 16.5. The number of rotatable bonds is 4. The number of aryl methyl sites for hydroxylation is 1. The fraction of sp³-hybridized carbons (Fsp3) is 0.522. The first kappa shape index (κ1) is 19.1. The maximum absolute atomic E-state index is 13.4. The van der Waals surface area contributed by atoms with Gasteiger partial charge in [-0.15, -0.1) is 0 Å². The molecule has 0 N–H and O–H groups in total. The Morgan fingerprint density at radius 3 is 2.57 bits per heavy atom. The molecule has 1 amide bonds. The van der Waals surface area contributed by atoms with Gasteiger partial charge in [-0.05, 0) is 50.6 Å². The molecule has 1 saturated heterocycles. The van der Waals surface area contributed by atoms with Crippen LogP contribution in [0, 0.1) is 25.2 Å². The Hall–Kier alpha value is -2.27. The zero-order valence-corrected chi connectivity index (χ0v) is 17.7. The third kappa shape index (κ3) is 2.67. The SMILES string of the molecule is COc1ccc(-n2c(C)cc(C(=O)N(C)C3C4CCOC4C3(C)C)c2C)cc1. The van der Waals surface area contributed by atoms with Gasteiger partial charge >= 0.3 is 0 Å². The number of nitrogens with zero attached hydrogens (tertiary/aromatic N) is 2. The number of ether oxygens (including phenoxy) is 2. The van der Waals surface area contributed by atoms with Gasteiger partial charge < -0.3 is 18.9 Å². The van der Waals surface area contributed by atoms with Crippen molar-refractivity contribution in [2.45, 2.75) is 46.3 Å². The van der Waals surface area contributed by atoms with E-state index >= 15 is 0 Å². The van der Waals surface area contributed by atoms with E-state index in [1.54, 1.807) is 7.11 Å². The number of hydrogen-bond donors (Lipinski definition) is 0. The van der Waals surface area contributed by atoms with Gasteiger partial charge in [0.25, 0.3) is 5.91 Å². The van der Waals surface area contributed by atoms with Crippen LogP contribution < -0.4 is 4.74 Å². The summed E-state index contributed by atoms with van der Waals surface area (Å²) in [6.07, 6.45) is 1.32. The topological polar surface area (TPSA) is 43.7 Å². The van der Waals surface area contributed by atoms with Crippen molar-refractivity contribution in [2.75, 3.05) is 20.8 Å². The van der Waals surface area contributed by atoms with Crippen LogP contribution >= 0.6 is 0 Å². The molecule has 1 aromatic carbocycles. The fourth-order valence-electron chi connectivity index (χ4n) is 5.51. The second-order valence-corrected chi connectivity index (χ2v) is 8.74. The number of methoxy groups -OCH3 is 1. The summed E-state index contributed by atoms with van der Waals surface area (Å²) in [6, 6.07) is 10.2. The van der Waals surface area contributed by atoms with Crippen LogP contribution in [0.25, 0.3) is 5.69 Å². The number of carbonyl (C=O) groups is 1. The molecule has 0 radical (unpaired) electrons. The number of benzene rings is 1. The lowest BCUT2D eigenvalue weighted by Gasteiger charge is -2.57. The summed E-state index contributed by atoms with van der Waals surface area (Å²) in [6.45, 7) is 9.31. The van der Waals surface area contributed by atoms with Crippen LogP contribution in [-0.4, -0.2) is 48.3 Å². The Balaban J connectivity index is 1.63. The lowest BCUT2D eigenvalue weighted by molar-refractivity contribution is -0.139. The molecule has 2 heterocycles. The molecule has 1 saturated carbocycles. The lowest BCUT2D eigenvalue weighted by atomic mass is 9.56. The molecule has 4 rings (SSSR count). The number of fused-ring (bicyclic) bond motifs is 1. The van der Waals surface area contributed by atoms with E-state index in [2.05, 4.69) is 18.4 Å². The average Bonchev–Trinajstić information content (AvgIpc) is 3.24. The van der Waals surface area contributed by atoms with E-state index in [1.807, 2.05) is 56.1 Å². The number of hydrogen-bond acceptors (Lipinski definition) is 3. The third-order valence-corrected chi connectivity index (χ3v) is 6.77. The molecule has 150 valence electrons. The molecule has 1 aromatic heterocycles. The van der Waals surface area contributed by atoms with Crippen molar-refractivity contribution in [1.29, 1.82) is 0 Å². The summed E-state index contributed by atoms with van der Waals surface area (Å²) in [5.41, 5.74) is 3.82. The Morgan fingerprint density at radius 2 is 1.93 bits per heavy atom.